The highest BCUT2D eigenvalue weighted by Gasteiger charge is 2.21. The molecule has 0 unspecified atom stereocenters. The molecule has 1 aliphatic rings. The van der Waals surface area contributed by atoms with Crippen molar-refractivity contribution in [3.8, 4) is 0 Å². The van der Waals surface area contributed by atoms with Crippen LogP contribution in [0.4, 0.5) is 0 Å². The molecule has 7 heteroatoms. The number of ether oxygens (including phenoxy) is 1. The zero-order valence-corrected chi connectivity index (χ0v) is 17.6. The summed E-state index contributed by atoms with van der Waals surface area (Å²) in [6.45, 7) is 4.18. The smallest absolute Gasteiger partial charge is 0.253 e. The minimum Gasteiger partial charge on any atom is -0.384 e. The summed E-state index contributed by atoms with van der Waals surface area (Å²) in [5, 5.41) is 0. The Morgan fingerprint density at radius 1 is 0.966 bits per heavy atom. The van der Waals surface area contributed by atoms with E-state index >= 15 is 0 Å². The maximum absolute atomic E-state index is 12.9. The van der Waals surface area contributed by atoms with Crippen LogP contribution in [0.1, 0.15) is 22.3 Å². The van der Waals surface area contributed by atoms with Crippen LogP contribution in [0.2, 0.25) is 0 Å². The third-order valence-electron chi connectivity index (χ3n) is 5.14. The number of methoxy groups -OCH3 is 1. The predicted molar refractivity (Wildman–Crippen MR) is 113 cm³/mol. The molecule has 2 aromatic rings. The van der Waals surface area contributed by atoms with Crippen molar-refractivity contribution >= 4 is 15.7 Å². The summed E-state index contributed by atoms with van der Waals surface area (Å²) in [4.78, 5) is 17.3. The summed E-state index contributed by atoms with van der Waals surface area (Å²) >= 11 is 0. The lowest BCUT2D eigenvalue weighted by Crippen LogP contribution is -2.35. The summed E-state index contributed by atoms with van der Waals surface area (Å²) in [6, 6.07) is 16.6. The topological polar surface area (TPSA) is 66.9 Å². The number of benzene rings is 2. The van der Waals surface area contributed by atoms with Crippen LogP contribution in [-0.4, -0.2) is 69.8 Å². The zero-order chi connectivity index (χ0) is 20.7. The second-order valence-corrected chi connectivity index (χ2v) is 9.35. The van der Waals surface area contributed by atoms with E-state index < -0.39 is 9.84 Å². The van der Waals surface area contributed by atoms with Gasteiger partial charge in [-0.1, -0.05) is 30.3 Å². The van der Waals surface area contributed by atoms with Crippen LogP contribution in [-0.2, 0) is 21.1 Å². The van der Waals surface area contributed by atoms with Crippen LogP contribution in [0.15, 0.2) is 59.5 Å². The number of hydrogen-bond acceptors (Lipinski definition) is 5. The number of nitrogens with zero attached hydrogens (tertiary/aromatic N) is 2. The van der Waals surface area contributed by atoms with E-state index in [1.807, 2.05) is 23.1 Å². The fourth-order valence-electron chi connectivity index (χ4n) is 3.47. The molecule has 0 aliphatic carbocycles. The van der Waals surface area contributed by atoms with Crippen LogP contribution in [0.3, 0.4) is 0 Å². The largest absolute Gasteiger partial charge is 0.384 e. The molecular weight excluding hydrogens is 388 g/mol. The van der Waals surface area contributed by atoms with Gasteiger partial charge in [0.1, 0.15) is 0 Å². The van der Waals surface area contributed by atoms with Gasteiger partial charge >= 0.3 is 0 Å². The van der Waals surface area contributed by atoms with Gasteiger partial charge in [-0.2, -0.15) is 0 Å². The normalized spacial score (nSPS) is 15.8. The molecule has 1 heterocycles. The number of carbonyl (C=O) groups is 1. The van der Waals surface area contributed by atoms with E-state index in [9.17, 15) is 13.2 Å². The fraction of sp³-hybridized carbons (Fsp3) is 0.409. The van der Waals surface area contributed by atoms with Crippen LogP contribution in [0.5, 0.6) is 0 Å². The SMILES string of the molecule is COCCS(=O)(=O)c1ccc(C(=O)N2CCCN(Cc3ccccc3)CC2)cc1. The van der Waals surface area contributed by atoms with E-state index in [1.54, 1.807) is 12.1 Å². The van der Waals surface area contributed by atoms with E-state index in [-0.39, 0.29) is 23.2 Å². The van der Waals surface area contributed by atoms with E-state index in [0.717, 1.165) is 26.1 Å². The van der Waals surface area contributed by atoms with Crippen molar-refractivity contribution in [2.24, 2.45) is 0 Å². The average molecular weight is 417 g/mol. The van der Waals surface area contributed by atoms with Gasteiger partial charge in [-0.05, 0) is 36.2 Å². The van der Waals surface area contributed by atoms with Crippen molar-refractivity contribution in [3.05, 3.63) is 65.7 Å². The Bertz CT molecular complexity index is 898. The molecule has 6 nitrogen and oxygen atoms in total. The zero-order valence-electron chi connectivity index (χ0n) is 16.8. The van der Waals surface area contributed by atoms with Crippen molar-refractivity contribution in [2.75, 3.05) is 45.6 Å². The molecule has 0 radical (unpaired) electrons. The van der Waals surface area contributed by atoms with Gasteiger partial charge in [0.15, 0.2) is 9.84 Å². The van der Waals surface area contributed by atoms with E-state index in [1.165, 1.54) is 24.8 Å². The van der Waals surface area contributed by atoms with Gasteiger partial charge in [0.25, 0.3) is 5.91 Å². The highest BCUT2D eigenvalue weighted by Crippen LogP contribution is 2.16. The molecule has 156 valence electrons. The van der Waals surface area contributed by atoms with Crippen molar-refractivity contribution in [3.63, 3.8) is 0 Å². The first-order valence-electron chi connectivity index (χ1n) is 9.87. The van der Waals surface area contributed by atoms with Crippen molar-refractivity contribution < 1.29 is 17.9 Å². The van der Waals surface area contributed by atoms with Gasteiger partial charge < -0.3 is 9.64 Å². The van der Waals surface area contributed by atoms with Crippen molar-refractivity contribution in [2.45, 2.75) is 17.9 Å². The number of amides is 1. The Kier molecular flexibility index (Phi) is 7.41. The molecule has 29 heavy (non-hydrogen) atoms. The summed E-state index contributed by atoms with van der Waals surface area (Å²) in [5.74, 6) is -0.118. The molecule has 0 bridgehead atoms. The number of carbonyl (C=O) groups excluding carboxylic acids is 1. The van der Waals surface area contributed by atoms with Crippen LogP contribution >= 0.6 is 0 Å². The van der Waals surface area contributed by atoms with Crippen LogP contribution in [0.25, 0.3) is 0 Å². The Labute approximate surface area is 173 Å². The van der Waals surface area contributed by atoms with E-state index in [0.29, 0.717) is 18.7 Å². The molecule has 0 aromatic heterocycles. The van der Waals surface area contributed by atoms with Gasteiger partial charge in [0.2, 0.25) is 0 Å². The first-order chi connectivity index (χ1) is 14.0. The van der Waals surface area contributed by atoms with Gasteiger partial charge in [-0.15, -0.1) is 0 Å². The molecule has 1 fully saturated rings. The Hall–Kier alpha value is -2.22. The first kappa shape index (κ1) is 21.5. The lowest BCUT2D eigenvalue weighted by Gasteiger charge is -2.22. The van der Waals surface area contributed by atoms with Crippen molar-refractivity contribution in [1.82, 2.24) is 9.80 Å². The Morgan fingerprint density at radius 2 is 1.69 bits per heavy atom. The molecule has 0 N–H and O–H groups in total. The van der Waals surface area contributed by atoms with Gasteiger partial charge in [-0.3, -0.25) is 9.69 Å². The lowest BCUT2D eigenvalue weighted by atomic mass is 10.2. The van der Waals surface area contributed by atoms with Gasteiger partial charge in [0, 0.05) is 45.4 Å². The number of sulfone groups is 1. The van der Waals surface area contributed by atoms with Crippen molar-refractivity contribution in [1.29, 1.82) is 0 Å². The minimum absolute atomic E-state index is 0.0487. The second kappa shape index (κ2) is 10.0. The first-order valence-corrected chi connectivity index (χ1v) is 11.5. The highest BCUT2D eigenvalue weighted by atomic mass is 32.2. The number of hydrogen-bond donors (Lipinski definition) is 0. The van der Waals surface area contributed by atoms with Crippen LogP contribution in [0, 0.1) is 0 Å². The van der Waals surface area contributed by atoms with E-state index in [2.05, 4.69) is 17.0 Å². The monoisotopic (exact) mass is 416 g/mol. The fourth-order valence-corrected chi connectivity index (χ4v) is 4.64. The molecule has 0 atom stereocenters. The summed E-state index contributed by atoms with van der Waals surface area (Å²) in [6.07, 6.45) is 0.919. The average Bonchev–Trinajstić information content (AvgIpc) is 2.98. The summed E-state index contributed by atoms with van der Waals surface area (Å²) < 4.78 is 29.3. The third-order valence-corrected chi connectivity index (χ3v) is 6.84. The quantitative estimate of drug-likeness (QED) is 0.694. The molecule has 1 saturated heterocycles. The predicted octanol–water partition coefficient (Wildman–Crippen LogP) is 2.45. The van der Waals surface area contributed by atoms with E-state index in [4.69, 9.17) is 4.74 Å². The summed E-state index contributed by atoms with van der Waals surface area (Å²) in [7, 11) is -1.92. The highest BCUT2D eigenvalue weighted by molar-refractivity contribution is 7.91. The molecule has 2 aromatic carbocycles. The second-order valence-electron chi connectivity index (χ2n) is 7.24. The standard InChI is InChI=1S/C22H28N2O4S/c1-28-16-17-29(26,27)21-10-8-20(9-11-21)22(25)24-13-5-12-23(14-15-24)18-19-6-3-2-4-7-19/h2-4,6-11H,5,12-18H2,1H3. The maximum Gasteiger partial charge on any atom is 0.253 e. The molecule has 0 saturated carbocycles. The Balaban J connectivity index is 1.60. The molecule has 1 amide bonds. The maximum atomic E-state index is 12.9. The molecule has 1 aliphatic heterocycles. The Morgan fingerprint density at radius 3 is 2.38 bits per heavy atom. The van der Waals surface area contributed by atoms with Gasteiger partial charge in [0.05, 0.1) is 17.3 Å². The molecular formula is C22H28N2O4S. The lowest BCUT2D eigenvalue weighted by molar-refractivity contribution is 0.0761. The molecule has 3 rings (SSSR count). The summed E-state index contributed by atoms with van der Waals surface area (Å²) in [5.41, 5.74) is 1.80. The minimum atomic E-state index is -3.39. The van der Waals surface area contributed by atoms with Crippen LogP contribution < -0.4 is 0 Å². The number of rotatable bonds is 7. The molecule has 0 spiro atoms. The van der Waals surface area contributed by atoms with Gasteiger partial charge in [-0.25, -0.2) is 8.42 Å². The third kappa shape index (κ3) is 5.88.